The smallest absolute Gasteiger partial charge is 0.233 e. The standard InChI is InChI=1S/C20H22N4O2S/c1-13-7-10-15(26-13)11-24(2)18(25)12-27-20-22-17-6-4-3-5-16(17)19(23-20)21-14-8-9-14/h3-7,10,14H,8-9,11-12H2,1-2H3,(H,21,22,23). The first kappa shape index (κ1) is 17.9. The molecule has 0 unspecified atom stereocenters. The molecule has 0 saturated heterocycles. The average Bonchev–Trinajstić information content (AvgIpc) is 3.39. The molecule has 7 heteroatoms. The van der Waals surface area contributed by atoms with Gasteiger partial charge in [-0.1, -0.05) is 23.9 Å². The third-order valence-electron chi connectivity index (χ3n) is 4.44. The number of benzene rings is 1. The van der Waals surface area contributed by atoms with Crippen LogP contribution in [0.1, 0.15) is 24.4 Å². The molecule has 1 saturated carbocycles. The second-order valence-electron chi connectivity index (χ2n) is 6.84. The quantitative estimate of drug-likeness (QED) is 0.494. The summed E-state index contributed by atoms with van der Waals surface area (Å²) in [6.45, 7) is 2.35. The average molecular weight is 382 g/mol. The highest BCUT2D eigenvalue weighted by Crippen LogP contribution is 2.29. The van der Waals surface area contributed by atoms with Gasteiger partial charge in [0.1, 0.15) is 17.3 Å². The Morgan fingerprint density at radius 2 is 2.07 bits per heavy atom. The van der Waals surface area contributed by atoms with Gasteiger partial charge in [-0.3, -0.25) is 4.79 Å². The summed E-state index contributed by atoms with van der Waals surface area (Å²) in [6.07, 6.45) is 2.35. The molecule has 1 amide bonds. The van der Waals surface area contributed by atoms with Crippen LogP contribution in [0.2, 0.25) is 0 Å². The number of aromatic nitrogens is 2. The summed E-state index contributed by atoms with van der Waals surface area (Å²) >= 11 is 1.37. The number of hydrogen-bond acceptors (Lipinski definition) is 6. The van der Waals surface area contributed by atoms with Crippen molar-refractivity contribution in [1.82, 2.24) is 14.9 Å². The van der Waals surface area contributed by atoms with Gasteiger partial charge in [-0.25, -0.2) is 9.97 Å². The summed E-state index contributed by atoms with van der Waals surface area (Å²) in [7, 11) is 1.78. The van der Waals surface area contributed by atoms with Gasteiger partial charge in [-0.2, -0.15) is 0 Å². The predicted octanol–water partition coefficient (Wildman–Crippen LogP) is 3.86. The van der Waals surface area contributed by atoms with E-state index in [-0.39, 0.29) is 11.7 Å². The second kappa shape index (κ2) is 7.60. The van der Waals surface area contributed by atoms with E-state index in [1.165, 1.54) is 24.6 Å². The third-order valence-corrected chi connectivity index (χ3v) is 5.27. The van der Waals surface area contributed by atoms with E-state index >= 15 is 0 Å². The summed E-state index contributed by atoms with van der Waals surface area (Å²) in [4.78, 5) is 23.4. The van der Waals surface area contributed by atoms with Crippen LogP contribution in [-0.2, 0) is 11.3 Å². The van der Waals surface area contributed by atoms with Crippen LogP contribution in [0, 0.1) is 6.92 Å². The molecular weight excluding hydrogens is 360 g/mol. The first-order chi connectivity index (χ1) is 13.1. The van der Waals surface area contributed by atoms with Crippen LogP contribution >= 0.6 is 11.8 Å². The van der Waals surface area contributed by atoms with Crippen molar-refractivity contribution in [2.75, 3.05) is 18.1 Å². The Kier molecular flexibility index (Phi) is 5.03. The fraction of sp³-hybridized carbons (Fsp3) is 0.350. The summed E-state index contributed by atoms with van der Waals surface area (Å²) in [5, 5.41) is 5.11. The maximum absolute atomic E-state index is 12.5. The molecule has 0 spiro atoms. The van der Waals surface area contributed by atoms with Gasteiger partial charge >= 0.3 is 0 Å². The van der Waals surface area contributed by atoms with E-state index in [9.17, 15) is 4.79 Å². The number of hydrogen-bond donors (Lipinski definition) is 1. The maximum atomic E-state index is 12.5. The van der Waals surface area contributed by atoms with Gasteiger partial charge in [0.05, 0.1) is 17.8 Å². The van der Waals surface area contributed by atoms with E-state index in [0.29, 0.717) is 17.7 Å². The van der Waals surface area contributed by atoms with Gasteiger partial charge in [-0.15, -0.1) is 0 Å². The number of amides is 1. The molecule has 0 bridgehead atoms. The van der Waals surface area contributed by atoms with Crippen LogP contribution in [0.3, 0.4) is 0 Å². The largest absolute Gasteiger partial charge is 0.464 e. The topological polar surface area (TPSA) is 71.3 Å². The first-order valence-corrected chi connectivity index (χ1v) is 10.0. The van der Waals surface area contributed by atoms with E-state index in [4.69, 9.17) is 4.42 Å². The zero-order valence-corrected chi connectivity index (χ0v) is 16.3. The number of furan rings is 1. The highest BCUT2D eigenvalue weighted by Gasteiger charge is 2.23. The van der Waals surface area contributed by atoms with Crippen molar-refractivity contribution >= 4 is 34.4 Å². The zero-order valence-electron chi connectivity index (χ0n) is 15.4. The van der Waals surface area contributed by atoms with Crippen LogP contribution in [0.25, 0.3) is 10.9 Å². The number of carbonyl (C=O) groups is 1. The molecule has 1 aliphatic carbocycles. The van der Waals surface area contributed by atoms with E-state index < -0.39 is 0 Å². The number of carbonyl (C=O) groups excluding carboxylic acids is 1. The molecule has 3 aromatic rings. The number of anilines is 1. The lowest BCUT2D eigenvalue weighted by molar-refractivity contribution is -0.127. The Bertz CT molecular complexity index is 968. The highest BCUT2D eigenvalue weighted by molar-refractivity contribution is 7.99. The highest BCUT2D eigenvalue weighted by atomic mass is 32.2. The minimum absolute atomic E-state index is 0.0162. The Morgan fingerprint density at radius 3 is 2.81 bits per heavy atom. The lowest BCUT2D eigenvalue weighted by Gasteiger charge is -2.15. The summed E-state index contributed by atoms with van der Waals surface area (Å²) in [5.74, 6) is 2.80. The number of thioether (sulfide) groups is 1. The van der Waals surface area contributed by atoms with Gasteiger partial charge in [0.25, 0.3) is 0 Å². The first-order valence-electron chi connectivity index (χ1n) is 9.04. The Morgan fingerprint density at radius 1 is 1.26 bits per heavy atom. The fourth-order valence-electron chi connectivity index (χ4n) is 2.78. The van der Waals surface area contributed by atoms with Gasteiger partial charge in [-0.05, 0) is 44.0 Å². The van der Waals surface area contributed by atoms with Gasteiger partial charge < -0.3 is 14.6 Å². The van der Waals surface area contributed by atoms with Gasteiger partial charge in [0.2, 0.25) is 5.91 Å². The van der Waals surface area contributed by atoms with Crippen molar-refractivity contribution in [1.29, 1.82) is 0 Å². The second-order valence-corrected chi connectivity index (χ2v) is 7.78. The van der Waals surface area contributed by atoms with Crippen LogP contribution in [-0.4, -0.2) is 39.6 Å². The molecule has 0 atom stereocenters. The maximum Gasteiger partial charge on any atom is 0.233 e. The van der Waals surface area contributed by atoms with E-state index in [2.05, 4.69) is 15.3 Å². The molecule has 4 rings (SSSR count). The number of nitrogens with one attached hydrogen (secondary N) is 1. The van der Waals surface area contributed by atoms with Crippen LogP contribution in [0.15, 0.2) is 46.0 Å². The number of para-hydroxylation sites is 1. The molecule has 6 nitrogen and oxygen atoms in total. The summed E-state index contributed by atoms with van der Waals surface area (Å²) < 4.78 is 5.54. The molecule has 0 aliphatic heterocycles. The van der Waals surface area contributed by atoms with Crippen molar-refractivity contribution in [2.24, 2.45) is 0 Å². The fourth-order valence-corrected chi connectivity index (χ4v) is 3.57. The van der Waals surface area contributed by atoms with Gasteiger partial charge in [0.15, 0.2) is 5.16 Å². The minimum Gasteiger partial charge on any atom is -0.464 e. The van der Waals surface area contributed by atoms with Crippen molar-refractivity contribution < 1.29 is 9.21 Å². The van der Waals surface area contributed by atoms with Crippen molar-refractivity contribution in [2.45, 2.75) is 37.5 Å². The molecule has 1 fully saturated rings. The zero-order chi connectivity index (χ0) is 18.8. The number of aryl methyl sites for hydroxylation is 1. The summed E-state index contributed by atoms with van der Waals surface area (Å²) in [6, 6.07) is 12.3. The lowest BCUT2D eigenvalue weighted by Crippen LogP contribution is -2.27. The lowest BCUT2D eigenvalue weighted by atomic mass is 10.2. The minimum atomic E-state index is 0.0162. The Labute approximate surface area is 162 Å². The van der Waals surface area contributed by atoms with E-state index in [1.807, 2.05) is 43.3 Å². The third kappa shape index (κ3) is 4.42. The number of fused-ring (bicyclic) bond motifs is 1. The molecule has 27 heavy (non-hydrogen) atoms. The van der Waals surface area contributed by atoms with Crippen molar-refractivity contribution in [3.05, 3.63) is 47.9 Å². The number of nitrogens with zero attached hydrogens (tertiary/aromatic N) is 3. The molecule has 2 aromatic heterocycles. The SMILES string of the molecule is Cc1ccc(CN(C)C(=O)CSc2nc(NC3CC3)c3ccccc3n2)o1. The van der Waals surface area contributed by atoms with Gasteiger partial charge in [0, 0.05) is 18.5 Å². The molecule has 140 valence electrons. The predicted molar refractivity (Wildman–Crippen MR) is 107 cm³/mol. The Balaban J connectivity index is 1.44. The molecule has 1 aromatic carbocycles. The Hall–Kier alpha value is -2.54. The van der Waals surface area contributed by atoms with Crippen LogP contribution in [0.4, 0.5) is 5.82 Å². The van der Waals surface area contributed by atoms with E-state index in [1.54, 1.807) is 11.9 Å². The van der Waals surface area contributed by atoms with Crippen molar-refractivity contribution in [3.8, 4) is 0 Å². The van der Waals surface area contributed by atoms with Crippen LogP contribution in [0.5, 0.6) is 0 Å². The molecular formula is C20H22N4O2S. The molecule has 1 aliphatic rings. The monoisotopic (exact) mass is 382 g/mol. The summed E-state index contributed by atoms with van der Waals surface area (Å²) in [5.41, 5.74) is 0.894. The molecule has 0 radical (unpaired) electrons. The van der Waals surface area contributed by atoms with E-state index in [0.717, 1.165) is 28.2 Å². The van der Waals surface area contributed by atoms with Crippen LogP contribution < -0.4 is 5.32 Å². The molecule has 2 heterocycles. The normalized spacial score (nSPS) is 13.7. The number of rotatable bonds is 7. The molecule has 1 N–H and O–H groups in total. The van der Waals surface area contributed by atoms with Crippen molar-refractivity contribution in [3.63, 3.8) is 0 Å².